The van der Waals surface area contributed by atoms with Crippen LogP contribution in [0.25, 0.3) is 0 Å². The first-order valence-corrected chi connectivity index (χ1v) is 7.91. The quantitative estimate of drug-likeness (QED) is 0.745. The highest BCUT2D eigenvalue weighted by Gasteiger charge is 2.71. The number of hydrogen-bond acceptors (Lipinski definition) is 3. The number of alkyl halides is 6. The molecule has 0 saturated carbocycles. The van der Waals surface area contributed by atoms with Gasteiger partial charge < -0.3 is 5.11 Å². The van der Waals surface area contributed by atoms with E-state index in [0.29, 0.717) is 18.2 Å². The minimum Gasteiger partial charge on any atom is -0.369 e. The number of anilines is 1. The number of sulfonamides is 1. The Labute approximate surface area is 129 Å². The smallest absolute Gasteiger partial charge is 0.369 e. The van der Waals surface area contributed by atoms with Crippen LogP contribution in [0.15, 0.2) is 22.7 Å². The van der Waals surface area contributed by atoms with Gasteiger partial charge in [0.25, 0.3) is 5.60 Å². The highest BCUT2D eigenvalue weighted by Crippen LogP contribution is 2.50. The summed E-state index contributed by atoms with van der Waals surface area (Å²) in [6.07, 6.45) is -11.3. The summed E-state index contributed by atoms with van der Waals surface area (Å²) in [6, 6.07) is 1.34. The Morgan fingerprint density at radius 3 is 1.86 bits per heavy atom. The maximum atomic E-state index is 12.7. The second kappa shape index (κ2) is 5.57. The third-order valence-electron chi connectivity index (χ3n) is 2.50. The Hall–Kier alpha value is -1.01. The molecule has 1 aromatic carbocycles. The molecule has 4 nitrogen and oxygen atoms in total. The predicted octanol–water partition coefficient (Wildman–Crippen LogP) is 3.13. The first-order valence-electron chi connectivity index (χ1n) is 5.23. The van der Waals surface area contributed by atoms with Crippen LogP contribution < -0.4 is 4.72 Å². The number of aliphatic hydroxyl groups is 1. The number of benzene rings is 1. The normalized spacial score (nSPS) is 14.0. The SMILES string of the molecule is CS(=O)(=O)Nc1ccc(C(O)(C(F)(F)F)C(F)(F)F)cc1Br. The number of nitrogens with one attached hydrogen (secondary N) is 1. The van der Waals surface area contributed by atoms with E-state index in [1.165, 1.54) is 0 Å². The number of rotatable bonds is 3. The van der Waals surface area contributed by atoms with Crippen molar-refractivity contribution in [1.82, 2.24) is 0 Å². The van der Waals surface area contributed by atoms with E-state index in [1.54, 1.807) is 0 Å². The Balaban J connectivity index is 3.46. The number of halogens is 7. The summed E-state index contributed by atoms with van der Waals surface area (Å²) < 4.78 is 99.7. The molecule has 0 bridgehead atoms. The highest BCUT2D eigenvalue weighted by atomic mass is 79.9. The second-order valence-corrected chi connectivity index (χ2v) is 6.88. The van der Waals surface area contributed by atoms with E-state index in [1.807, 2.05) is 4.72 Å². The van der Waals surface area contributed by atoms with Crippen LogP contribution in [0.5, 0.6) is 0 Å². The highest BCUT2D eigenvalue weighted by molar-refractivity contribution is 9.10. The van der Waals surface area contributed by atoms with Crippen LogP contribution in [0.3, 0.4) is 0 Å². The van der Waals surface area contributed by atoms with Crippen LogP contribution in [0, 0.1) is 0 Å². The summed E-state index contributed by atoms with van der Waals surface area (Å²) in [6.45, 7) is 0. The molecule has 0 radical (unpaired) electrons. The molecule has 12 heteroatoms. The van der Waals surface area contributed by atoms with Crippen LogP contribution in [0.2, 0.25) is 0 Å². The lowest BCUT2D eigenvalue weighted by atomic mass is 9.92. The van der Waals surface area contributed by atoms with Crippen LogP contribution in [0.4, 0.5) is 32.0 Å². The van der Waals surface area contributed by atoms with Gasteiger partial charge in [-0.1, -0.05) is 6.07 Å². The van der Waals surface area contributed by atoms with Crippen LogP contribution in [-0.2, 0) is 15.6 Å². The van der Waals surface area contributed by atoms with Crippen LogP contribution in [-0.4, -0.2) is 32.1 Å². The summed E-state index contributed by atoms with van der Waals surface area (Å²) >= 11 is 2.65. The van der Waals surface area contributed by atoms with Gasteiger partial charge in [0, 0.05) is 10.0 Å². The molecule has 0 amide bonds. The summed E-state index contributed by atoms with van der Waals surface area (Å²) in [4.78, 5) is 0. The average molecular weight is 416 g/mol. The standard InChI is InChI=1S/C10H8BrF6NO3S/c1-22(20,21)18-7-3-2-5(4-6(7)11)8(19,9(12,13)14)10(15,16)17/h2-4,18-19H,1H3. The second-order valence-electron chi connectivity index (χ2n) is 4.27. The van der Waals surface area contributed by atoms with E-state index in [9.17, 15) is 39.9 Å². The molecule has 0 aliphatic heterocycles. The van der Waals surface area contributed by atoms with Crippen molar-refractivity contribution in [3.05, 3.63) is 28.2 Å². The Morgan fingerprint density at radius 1 is 1.09 bits per heavy atom. The van der Waals surface area contributed by atoms with Crippen LogP contribution >= 0.6 is 15.9 Å². The Morgan fingerprint density at radius 2 is 1.55 bits per heavy atom. The third-order valence-corrected chi connectivity index (χ3v) is 3.75. The fourth-order valence-electron chi connectivity index (χ4n) is 1.51. The molecule has 0 aliphatic rings. The van der Waals surface area contributed by atoms with Gasteiger partial charge >= 0.3 is 12.4 Å². The maximum Gasteiger partial charge on any atom is 0.430 e. The van der Waals surface area contributed by atoms with Crippen molar-refractivity contribution in [2.24, 2.45) is 0 Å². The lowest BCUT2D eigenvalue weighted by molar-refractivity contribution is -0.376. The zero-order valence-corrected chi connectivity index (χ0v) is 13.0. The van der Waals surface area contributed by atoms with E-state index in [2.05, 4.69) is 15.9 Å². The molecule has 0 unspecified atom stereocenters. The minimum atomic E-state index is -6.02. The van der Waals surface area contributed by atoms with E-state index < -0.39 is 38.0 Å². The summed E-state index contributed by atoms with van der Waals surface area (Å²) in [5.74, 6) is 0. The van der Waals surface area contributed by atoms with Gasteiger partial charge in [-0.05, 0) is 28.1 Å². The Bertz CT molecular complexity index is 656. The van der Waals surface area contributed by atoms with Crippen molar-refractivity contribution in [3.63, 3.8) is 0 Å². The van der Waals surface area contributed by atoms with Crippen molar-refractivity contribution < 1.29 is 39.9 Å². The van der Waals surface area contributed by atoms with E-state index in [0.717, 1.165) is 6.26 Å². The van der Waals surface area contributed by atoms with Crippen LogP contribution in [0.1, 0.15) is 5.56 Å². The first kappa shape index (κ1) is 19.0. The fraction of sp³-hybridized carbons (Fsp3) is 0.400. The summed E-state index contributed by atoms with van der Waals surface area (Å²) in [7, 11) is -3.79. The fourth-order valence-corrected chi connectivity index (χ4v) is 2.70. The van der Waals surface area contributed by atoms with E-state index >= 15 is 0 Å². The zero-order chi connectivity index (χ0) is 17.6. The lowest BCUT2D eigenvalue weighted by Gasteiger charge is -2.32. The van der Waals surface area contributed by atoms with E-state index in [4.69, 9.17) is 0 Å². The molecule has 0 spiro atoms. The molecule has 2 N–H and O–H groups in total. The van der Waals surface area contributed by atoms with Crippen molar-refractivity contribution in [1.29, 1.82) is 0 Å². The molecule has 1 rings (SSSR count). The third kappa shape index (κ3) is 3.66. The molecule has 0 fully saturated rings. The zero-order valence-electron chi connectivity index (χ0n) is 10.5. The molecule has 0 aliphatic carbocycles. The van der Waals surface area contributed by atoms with Gasteiger partial charge in [0.15, 0.2) is 0 Å². The average Bonchev–Trinajstić information content (AvgIpc) is 2.26. The number of hydrogen-bond donors (Lipinski definition) is 2. The van der Waals surface area contributed by atoms with Crippen molar-refractivity contribution in [3.8, 4) is 0 Å². The van der Waals surface area contributed by atoms with Crippen molar-refractivity contribution in [2.45, 2.75) is 18.0 Å². The van der Waals surface area contributed by atoms with Gasteiger partial charge in [-0.25, -0.2) is 8.42 Å². The first-order chi connectivity index (χ1) is 9.59. The minimum absolute atomic E-state index is 0.280. The molecule has 126 valence electrons. The predicted molar refractivity (Wildman–Crippen MR) is 68.6 cm³/mol. The van der Waals surface area contributed by atoms with Crippen molar-refractivity contribution in [2.75, 3.05) is 11.0 Å². The van der Waals surface area contributed by atoms with Gasteiger partial charge in [-0.2, -0.15) is 26.3 Å². The molecule has 0 saturated heterocycles. The molecular weight excluding hydrogens is 408 g/mol. The largest absolute Gasteiger partial charge is 0.430 e. The van der Waals surface area contributed by atoms with Gasteiger partial charge in [-0.15, -0.1) is 0 Å². The molecular formula is C10H8BrF6NO3S. The van der Waals surface area contributed by atoms with Gasteiger partial charge in [0.1, 0.15) is 0 Å². The molecule has 0 aromatic heterocycles. The summed E-state index contributed by atoms with van der Waals surface area (Å²) in [5, 5.41) is 9.19. The van der Waals surface area contributed by atoms with E-state index in [-0.39, 0.29) is 5.69 Å². The monoisotopic (exact) mass is 415 g/mol. The molecule has 0 heterocycles. The van der Waals surface area contributed by atoms with Gasteiger partial charge in [-0.3, -0.25) is 4.72 Å². The van der Waals surface area contributed by atoms with Gasteiger partial charge in [0.2, 0.25) is 10.0 Å². The molecule has 0 atom stereocenters. The maximum absolute atomic E-state index is 12.7. The molecule has 22 heavy (non-hydrogen) atoms. The van der Waals surface area contributed by atoms with Crippen molar-refractivity contribution >= 4 is 31.6 Å². The molecule has 1 aromatic rings. The van der Waals surface area contributed by atoms with Gasteiger partial charge in [0.05, 0.1) is 11.9 Å². The topological polar surface area (TPSA) is 66.4 Å². The summed E-state index contributed by atoms with van der Waals surface area (Å²) in [5.41, 5.74) is -6.86. The lowest BCUT2D eigenvalue weighted by Crippen LogP contribution is -2.53. The Kier molecular flexibility index (Phi) is 4.82.